The Kier molecular flexibility index (Phi) is 3.21. The second-order valence-corrected chi connectivity index (χ2v) is 4.78. The Hall–Kier alpha value is -1.26. The first-order chi connectivity index (χ1) is 6.79. The van der Waals surface area contributed by atoms with Crippen molar-refractivity contribution in [1.82, 2.24) is 5.32 Å². The number of aliphatic carboxylic acids is 1. The maximum Gasteiger partial charge on any atom is 0.408 e. The smallest absolute Gasteiger partial charge is 0.408 e. The first kappa shape index (κ1) is 11.8. The lowest BCUT2D eigenvalue weighted by Gasteiger charge is -2.24. The third-order valence-electron chi connectivity index (χ3n) is 2.02. The van der Waals surface area contributed by atoms with Gasteiger partial charge in [0.1, 0.15) is 5.60 Å². The van der Waals surface area contributed by atoms with Crippen LogP contribution in [-0.4, -0.2) is 23.7 Å². The summed E-state index contributed by atoms with van der Waals surface area (Å²) in [7, 11) is 0. The van der Waals surface area contributed by atoms with E-state index in [9.17, 15) is 14.7 Å². The average Bonchev–Trinajstić information content (AvgIpc) is 2.78. The molecule has 1 rings (SSSR count). The number of hydrogen-bond acceptors (Lipinski definition) is 4. The van der Waals surface area contributed by atoms with Crippen molar-refractivity contribution in [3.8, 4) is 0 Å². The summed E-state index contributed by atoms with van der Waals surface area (Å²) >= 11 is 0. The van der Waals surface area contributed by atoms with Crippen molar-refractivity contribution >= 4 is 12.1 Å². The van der Waals surface area contributed by atoms with E-state index in [1.807, 2.05) is 0 Å². The van der Waals surface area contributed by atoms with Crippen LogP contribution in [0.5, 0.6) is 0 Å². The second kappa shape index (κ2) is 4.08. The van der Waals surface area contributed by atoms with E-state index >= 15 is 0 Å². The van der Waals surface area contributed by atoms with Gasteiger partial charge in [-0.1, -0.05) is 0 Å². The normalized spacial score (nSPS) is 18.1. The summed E-state index contributed by atoms with van der Waals surface area (Å²) in [6, 6.07) is -0.917. The molecule has 1 amide bonds. The summed E-state index contributed by atoms with van der Waals surface area (Å²) in [5.74, 6) is -1.24. The van der Waals surface area contributed by atoms with Gasteiger partial charge in [0.05, 0.1) is 12.0 Å². The Labute approximate surface area is 88.8 Å². The highest BCUT2D eigenvalue weighted by molar-refractivity contribution is 5.79. The molecule has 0 radical (unpaired) electrons. The molecule has 1 atom stereocenters. The Bertz CT molecular complexity index is 265. The number of carbonyl (C=O) groups is 2. The fourth-order valence-corrected chi connectivity index (χ4v) is 1.23. The molecule has 5 heteroatoms. The van der Waals surface area contributed by atoms with Gasteiger partial charge < -0.3 is 20.0 Å². The molecule has 5 nitrogen and oxygen atoms in total. The van der Waals surface area contributed by atoms with Crippen molar-refractivity contribution in [3.63, 3.8) is 0 Å². The van der Waals surface area contributed by atoms with Crippen molar-refractivity contribution in [2.45, 2.75) is 45.3 Å². The summed E-state index contributed by atoms with van der Waals surface area (Å²) in [5.41, 5.74) is -0.621. The highest BCUT2D eigenvalue weighted by Gasteiger charge is 2.34. The molecule has 0 heterocycles. The van der Waals surface area contributed by atoms with E-state index in [0.29, 0.717) is 0 Å². The molecule has 1 fully saturated rings. The Morgan fingerprint density at radius 1 is 1.40 bits per heavy atom. The van der Waals surface area contributed by atoms with E-state index in [1.54, 1.807) is 20.8 Å². The van der Waals surface area contributed by atoms with E-state index in [0.717, 1.165) is 12.8 Å². The highest BCUT2D eigenvalue weighted by Crippen LogP contribution is 2.32. The first-order valence-corrected chi connectivity index (χ1v) is 5.00. The van der Waals surface area contributed by atoms with E-state index in [2.05, 4.69) is 5.32 Å². The summed E-state index contributed by atoms with van der Waals surface area (Å²) in [4.78, 5) is 22.0. The van der Waals surface area contributed by atoms with Gasteiger partial charge in [-0.2, -0.15) is 0 Å². The largest absolute Gasteiger partial charge is 0.548 e. The number of carboxylic acid groups (broad SMARTS) is 1. The van der Waals surface area contributed by atoms with Crippen LogP contribution in [0.15, 0.2) is 0 Å². The second-order valence-electron chi connectivity index (χ2n) is 4.78. The quantitative estimate of drug-likeness (QED) is 0.719. The SMILES string of the molecule is CC(C)(C)OC(=O)N[C@@H](C(=O)[O-])C1CC1. The molecular weight excluding hydrogens is 198 g/mol. The van der Waals surface area contributed by atoms with Crippen LogP contribution in [0.2, 0.25) is 0 Å². The van der Waals surface area contributed by atoms with Crippen LogP contribution in [0.1, 0.15) is 33.6 Å². The number of alkyl carbamates (subject to hydrolysis) is 1. The summed E-state index contributed by atoms with van der Waals surface area (Å²) in [6.07, 6.45) is 0.923. The van der Waals surface area contributed by atoms with Gasteiger partial charge in [0.25, 0.3) is 0 Å². The fraction of sp³-hybridized carbons (Fsp3) is 0.800. The van der Waals surface area contributed by atoms with Crippen molar-refractivity contribution < 1.29 is 19.4 Å². The number of nitrogens with one attached hydrogen (secondary N) is 1. The van der Waals surface area contributed by atoms with Crippen LogP contribution in [0.3, 0.4) is 0 Å². The lowest BCUT2D eigenvalue weighted by atomic mass is 10.2. The average molecular weight is 214 g/mol. The third-order valence-corrected chi connectivity index (χ3v) is 2.02. The van der Waals surface area contributed by atoms with Crippen LogP contribution < -0.4 is 10.4 Å². The number of ether oxygens (including phenoxy) is 1. The van der Waals surface area contributed by atoms with E-state index in [1.165, 1.54) is 0 Å². The molecule has 1 aliphatic carbocycles. The Morgan fingerprint density at radius 3 is 2.27 bits per heavy atom. The monoisotopic (exact) mass is 214 g/mol. The van der Waals surface area contributed by atoms with E-state index < -0.39 is 23.7 Å². The number of carboxylic acids is 1. The van der Waals surface area contributed by atoms with Crippen molar-refractivity contribution in [2.24, 2.45) is 5.92 Å². The van der Waals surface area contributed by atoms with Crippen molar-refractivity contribution in [2.75, 3.05) is 0 Å². The minimum absolute atomic E-state index is 0.00233. The minimum Gasteiger partial charge on any atom is -0.548 e. The molecule has 0 aromatic carbocycles. The van der Waals surface area contributed by atoms with E-state index in [-0.39, 0.29) is 5.92 Å². The zero-order valence-corrected chi connectivity index (χ0v) is 9.20. The molecule has 0 saturated heterocycles. The Morgan fingerprint density at radius 2 is 1.93 bits per heavy atom. The fourth-order valence-electron chi connectivity index (χ4n) is 1.23. The molecular formula is C10H16NO4-. The van der Waals surface area contributed by atoms with Gasteiger partial charge in [-0.05, 0) is 39.5 Å². The van der Waals surface area contributed by atoms with Gasteiger partial charge in [0.2, 0.25) is 0 Å². The van der Waals surface area contributed by atoms with Crippen LogP contribution in [-0.2, 0) is 9.53 Å². The molecule has 1 saturated carbocycles. The predicted octanol–water partition coefficient (Wildman–Crippen LogP) is 0.0396. The van der Waals surface area contributed by atoms with Crippen LogP contribution in [0.4, 0.5) is 4.79 Å². The van der Waals surface area contributed by atoms with Crippen molar-refractivity contribution in [1.29, 1.82) is 0 Å². The summed E-state index contributed by atoms with van der Waals surface area (Å²) in [6.45, 7) is 5.16. The summed E-state index contributed by atoms with van der Waals surface area (Å²) < 4.78 is 4.96. The zero-order valence-electron chi connectivity index (χ0n) is 9.20. The third kappa shape index (κ3) is 4.18. The van der Waals surface area contributed by atoms with E-state index in [4.69, 9.17) is 4.74 Å². The van der Waals surface area contributed by atoms with Crippen LogP contribution in [0.25, 0.3) is 0 Å². The first-order valence-electron chi connectivity index (χ1n) is 5.00. The number of carbonyl (C=O) groups excluding carboxylic acids is 2. The molecule has 1 N–H and O–H groups in total. The minimum atomic E-state index is -1.25. The molecule has 1 aliphatic rings. The lowest BCUT2D eigenvalue weighted by Crippen LogP contribution is -2.50. The number of rotatable bonds is 3. The molecule has 0 spiro atoms. The molecule has 86 valence electrons. The van der Waals surface area contributed by atoms with Crippen molar-refractivity contribution in [3.05, 3.63) is 0 Å². The molecule has 0 aromatic heterocycles. The van der Waals surface area contributed by atoms with Gasteiger partial charge in [0.15, 0.2) is 0 Å². The van der Waals surface area contributed by atoms with Crippen LogP contribution >= 0.6 is 0 Å². The standard InChI is InChI=1S/C10H17NO4/c1-10(2,3)15-9(14)11-7(8(12)13)6-4-5-6/h6-7H,4-5H2,1-3H3,(H,11,14)(H,12,13)/p-1/t7-/m1/s1. The molecule has 0 aromatic rings. The molecule has 0 unspecified atom stereocenters. The molecule has 0 aliphatic heterocycles. The van der Waals surface area contributed by atoms with Gasteiger partial charge in [0, 0.05) is 0 Å². The lowest BCUT2D eigenvalue weighted by molar-refractivity contribution is -0.308. The van der Waals surface area contributed by atoms with Gasteiger partial charge in [-0.15, -0.1) is 0 Å². The summed E-state index contributed by atoms with van der Waals surface area (Å²) in [5, 5.41) is 13.0. The maximum absolute atomic E-state index is 11.3. The molecule has 0 bridgehead atoms. The van der Waals surface area contributed by atoms with Crippen LogP contribution in [0, 0.1) is 5.92 Å². The zero-order chi connectivity index (χ0) is 11.6. The van der Waals surface area contributed by atoms with Gasteiger partial charge in [-0.3, -0.25) is 0 Å². The molecule has 15 heavy (non-hydrogen) atoms. The Balaban J connectivity index is 2.44. The van der Waals surface area contributed by atoms with Gasteiger partial charge in [-0.25, -0.2) is 4.79 Å². The number of hydrogen-bond donors (Lipinski definition) is 1. The topological polar surface area (TPSA) is 78.5 Å². The maximum atomic E-state index is 11.3. The number of amides is 1. The highest BCUT2D eigenvalue weighted by atomic mass is 16.6. The van der Waals surface area contributed by atoms with Gasteiger partial charge >= 0.3 is 6.09 Å². The predicted molar refractivity (Wildman–Crippen MR) is 50.9 cm³/mol.